The van der Waals surface area contributed by atoms with E-state index in [4.69, 9.17) is 10.5 Å². The molecule has 0 spiro atoms. The van der Waals surface area contributed by atoms with Gasteiger partial charge in [-0.15, -0.1) is 21.5 Å². The van der Waals surface area contributed by atoms with Crippen molar-refractivity contribution in [1.82, 2.24) is 14.8 Å². The van der Waals surface area contributed by atoms with Crippen LogP contribution in [0.4, 0.5) is 5.00 Å². The lowest BCUT2D eigenvalue weighted by molar-refractivity contribution is -0.113. The minimum atomic E-state index is -0.674. The number of carbonyl (C=O) groups is 3. The number of nitrogens with one attached hydrogen (secondary N) is 1. The zero-order chi connectivity index (χ0) is 23.4. The summed E-state index contributed by atoms with van der Waals surface area (Å²) >= 11 is 2.18. The average Bonchev–Trinajstić information content (AvgIpc) is 3.32. The lowest BCUT2D eigenvalue weighted by atomic mass is 10.1. The first-order valence-electron chi connectivity index (χ1n) is 9.71. The van der Waals surface area contributed by atoms with E-state index in [1.54, 1.807) is 6.92 Å². The summed E-state index contributed by atoms with van der Waals surface area (Å²) < 4.78 is 6.73. The van der Waals surface area contributed by atoms with Gasteiger partial charge in [-0.3, -0.25) is 9.59 Å². The number of primary amides is 1. The van der Waals surface area contributed by atoms with Gasteiger partial charge in [-0.05, 0) is 31.9 Å². The van der Waals surface area contributed by atoms with Gasteiger partial charge in [0.25, 0.3) is 5.91 Å². The molecule has 0 atom stereocenters. The fourth-order valence-electron chi connectivity index (χ4n) is 3.18. The molecule has 3 rings (SSSR count). The Hall–Kier alpha value is -3.18. The topological polar surface area (TPSA) is 129 Å². The first-order chi connectivity index (χ1) is 15.3. The molecule has 0 aliphatic heterocycles. The van der Waals surface area contributed by atoms with E-state index in [0.29, 0.717) is 17.3 Å². The molecular formula is C21H23N5O4S2. The molecule has 168 valence electrons. The maximum Gasteiger partial charge on any atom is 0.341 e. The summed E-state index contributed by atoms with van der Waals surface area (Å²) in [4.78, 5) is 36.6. The Morgan fingerprint density at radius 3 is 2.56 bits per heavy atom. The Morgan fingerprint density at radius 1 is 1.22 bits per heavy atom. The number of anilines is 1. The van der Waals surface area contributed by atoms with Crippen molar-refractivity contribution in [1.29, 1.82) is 0 Å². The van der Waals surface area contributed by atoms with Crippen LogP contribution in [0.25, 0.3) is 11.4 Å². The molecule has 2 amide bonds. The molecule has 11 heteroatoms. The zero-order valence-electron chi connectivity index (χ0n) is 18.1. The monoisotopic (exact) mass is 473 g/mol. The maximum atomic E-state index is 12.6. The van der Waals surface area contributed by atoms with Crippen LogP contribution in [0, 0.1) is 13.8 Å². The van der Waals surface area contributed by atoms with Crippen molar-refractivity contribution in [3.05, 3.63) is 45.8 Å². The Labute approximate surface area is 193 Å². The largest absolute Gasteiger partial charge is 0.465 e. The van der Waals surface area contributed by atoms with Crippen LogP contribution < -0.4 is 11.1 Å². The van der Waals surface area contributed by atoms with Gasteiger partial charge in [-0.1, -0.05) is 36.0 Å². The fourth-order valence-corrected chi connectivity index (χ4v) is 5.05. The number of carbonyl (C=O) groups excluding carboxylic acids is 3. The molecule has 0 unspecified atom stereocenters. The summed E-state index contributed by atoms with van der Waals surface area (Å²) in [7, 11) is 1.23. The Kier molecular flexibility index (Phi) is 7.31. The number of aromatic nitrogens is 3. The van der Waals surface area contributed by atoms with Crippen molar-refractivity contribution >= 4 is 45.9 Å². The molecule has 32 heavy (non-hydrogen) atoms. The Balaban J connectivity index is 1.78. The molecule has 2 heterocycles. The van der Waals surface area contributed by atoms with Gasteiger partial charge in [0.15, 0.2) is 11.0 Å². The van der Waals surface area contributed by atoms with Gasteiger partial charge in [0, 0.05) is 12.1 Å². The van der Waals surface area contributed by atoms with Crippen LogP contribution in [0.1, 0.15) is 38.1 Å². The van der Waals surface area contributed by atoms with Crippen molar-refractivity contribution in [2.24, 2.45) is 5.73 Å². The molecule has 0 fully saturated rings. The van der Waals surface area contributed by atoms with Crippen LogP contribution in [-0.2, 0) is 16.1 Å². The number of thioether (sulfide) groups is 1. The first kappa shape index (κ1) is 23.5. The number of hydrogen-bond acceptors (Lipinski definition) is 8. The van der Waals surface area contributed by atoms with Gasteiger partial charge < -0.3 is 20.4 Å². The lowest BCUT2D eigenvalue weighted by Crippen LogP contribution is -2.16. The summed E-state index contributed by atoms with van der Waals surface area (Å²) in [6, 6.07) is 7.90. The van der Waals surface area contributed by atoms with Gasteiger partial charge in [-0.25, -0.2) is 4.79 Å². The van der Waals surface area contributed by atoms with E-state index in [9.17, 15) is 14.4 Å². The zero-order valence-corrected chi connectivity index (χ0v) is 19.7. The van der Waals surface area contributed by atoms with E-state index < -0.39 is 11.9 Å². The number of ether oxygens (including phenoxy) is 1. The van der Waals surface area contributed by atoms with E-state index >= 15 is 0 Å². The number of aryl methyl sites for hydroxylation is 1. The molecule has 1 aromatic carbocycles. The average molecular weight is 474 g/mol. The molecule has 0 saturated carbocycles. The van der Waals surface area contributed by atoms with Gasteiger partial charge in [0.1, 0.15) is 5.00 Å². The number of rotatable bonds is 8. The molecular weight excluding hydrogens is 450 g/mol. The second kappa shape index (κ2) is 9.96. The first-order valence-corrected chi connectivity index (χ1v) is 11.5. The van der Waals surface area contributed by atoms with Crippen molar-refractivity contribution in [2.75, 3.05) is 18.2 Å². The number of amides is 2. The van der Waals surface area contributed by atoms with Crippen LogP contribution in [0.2, 0.25) is 0 Å². The lowest BCUT2D eigenvalue weighted by Gasteiger charge is -2.09. The minimum absolute atomic E-state index is 0.0371. The predicted octanol–water partition coefficient (Wildman–Crippen LogP) is 3.26. The van der Waals surface area contributed by atoms with Crippen molar-refractivity contribution in [3.8, 4) is 11.4 Å². The third-order valence-electron chi connectivity index (χ3n) is 4.76. The summed E-state index contributed by atoms with van der Waals surface area (Å²) in [5.74, 6) is -0.910. The Morgan fingerprint density at radius 2 is 1.94 bits per heavy atom. The van der Waals surface area contributed by atoms with Gasteiger partial charge >= 0.3 is 5.97 Å². The summed E-state index contributed by atoms with van der Waals surface area (Å²) in [6.45, 7) is 6.22. The van der Waals surface area contributed by atoms with E-state index in [1.807, 2.05) is 42.7 Å². The van der Waals surface area contributed by atoms with E-state index in [1.165, 1.54) is 18.9 Å². The van der Waals surface area contributed by atoms with Crippen LogP contribution in [-0.4, -0.2) is 45.4 Å². The van der Waals surface area contributed by atoms with Crippen molar-refractivity contribution in [2.45, 2.75) is 32.5 Å². The number of benzene rings is 1. The molecule has 3 aromatic rings. The molecule has 0 bridgehead atoms. The van der Waals surface area contributed by atoms with Gasteiger partial charge in [0.2, 0.25) is 5.91 Å². The highest BCUT2D eigenvalue weighted by Gasteiger charge is 2.25. The van der Waals surface area contributed by atoms with E-state index in [0.717, 1.165) is 28.3 Å². The number of methoxy groups -OCH3 is 1. The normalized spacial score (nSPS) is 10.8. The SMILES string of the molecule is CCn1c(SCC(=O)Nc2sc(C(N)=O)c(C)c2C(=O)OC)nnc1-c1ccccc1C. The predicted molar refractivity (Wildman–Crippen MR) is 124 cm³/mol. The third kappa shape index (κ3) is 4.68. The molecule has 0 aliphatic rings. The maximum absolute atomic E-state index is 12.6. The summed E-state index contributed by atoms with van der Waals surface area (Å²) in [5.41, 5.74) is 7.95. The number of nitrogens with two attached hydrogens (primary N) is 1. The highest BCUT2D eigenvalue weighted by molar-refractivity contribution is 7.99. The molecule has 9 nitrogen and oxygen atoms in total. The van der Waals surface area contributed by atoms with E-state index in [2.05, 4.69) is 15.5 Å². The quantitative estimate of drug-likeness (QED) is 0.379. The number of esters is 1. The van der Waals surface area contributed by atoms with E-state index in [-0.39, 0.29) is 27.1 Å². The smallest absolute Gasteiger partial charge is 0.341 e. The molecule has 3 N–H and O–H groups in total. The van der Waals surface area contributed by atoms with Crippen LogP contribution in [0.15, 0.2) is 29.4 Å². The molecule has 0 saturated heterocycles. The molecule has 0 radical (unpaired) electrons. The molecule has 0 aliphatic carbocycles. The second-order valence-corrected chi connectivity index (χ2v) is 8.78. The number of thiophene rings is 1. The minimum Gasteiger partial charge on any atom is -0.465 e. The van der Waals surface area contributed by atoms with Gasteiger partial charge in [-0.2, -0.15) is 0 Å². The van der Waals surface area contributed by atoms with Crippen LogP contribution in [0.5, 0.6) is 0 Å². The van der Waals surface area contributed by atoms with Crippen LogP contribution in [0.3, 0.4) is 0 Å². The highest BCUT2D eigenvalue weighted by Crippen LogP contribution is 2.34. The second-order valence-electron chi connectivity index (χ2n) is 6.82. The van der Waals surface area contributed by atoms with Crippen molar-refractivity contribution in [3.63, 3.8) is 0 Å². The standard InChI is InChI=1S/C21H23N5O4S2/c1-5-26-18(13-9-7-6-8-11(13)2)24-25-21(26)31-10-14(27)23-19-15(20(29)30-4)12(3)16(32-19)17(22)28/h6-9H,5,10H2,1-4H3,(H2,22,28)(H,23,27). The van der Waals surface area contributed by atoms with Crippen molar-refractivity contribution < 1.29 is 19.1 Å². The summed E-state index contributed by atoms with van der Waals surface area (Å²) in [5, 5.41) is 12.1. The van der Waals surface area contributed by atoms with Crippen LogP contribution >= 0.6 is 23.1 Å². The van der Waals surface area contributed by atoms with Gasteiger partial charge in [0.05, 0.1) is 23.3 Å². The Bertz CT molecular complexity index is 1190. The third-order valence-corrected chi connectivity index (χ3v) is 6.95. The summed E-state index contributed by atoms with van der Waals surface area (Å²) in [6.07, 6.45) is 0. The number of hydrogen-bond donors (Lipinski definition) is 2. The highest BCUT2D eigenvalue weighted by atomic mass is 32.2. The molecule has 2 aromatic heterocycles. The number of nitrogens with zero attached hydrogens (tertiary/aromatic N) is 3. The fraction of sp³-hybridized carbons (Fsp3) is 0.286.